The normalized spacial score (nSPS) is 11.5. The molecule has 10 heteroatoms. The molecule has 0 bridgehead atoms. The number of nitrogens with zero attached hydrogens (tertiary/aromatic N) is 1. The summed E-state index contributed by atoms with van der Waals surface area (Å²) in [4.78, 5) is 9.71. The van der Waals surface area contributed by atoms with Crippen LogP contribution < -0.4 is 4.72 Å². The number of aromatic amines is 1. The van der Waals surface area contributed by atoms with Gasteiger partial charge in [0.2, 0.25) is 10.0 Å². The number of hydrogen-bond acceptors (Lipinski definition) is 4. The van der Waals surface area contributed by atoms with Crippen LogP contribution in [0, 0.1) is 11.6 Å². The fourth-order valence-electron chi connectivity index (χ4n) is 1.51. The lowest BCUT2D eigenvalue weighted by Crippen LogP contribution is -2.25. The average molecular weight is 317 g/mol. The molecule has 3 N–H and O–H groups in total. The molecule has 0 radical (unpaired) electrons. The van der Waals surface area contributed by atoms with Gasteiger partial charge in [-0.05, 0) is 12.1 Å². The molecule has 21 heavy (non-hydrogen) atoms. The van der Waals surface area contributed by atoms with Gasteiger partial charge in [0.25, 0.3) is 0 Å². The molecule has 0 amide bonds. The highest BCUT2D eigenvalue weighted by molar-refractivity contribution is 7.89. The summed E-state index contributed by atoms with van der Waals surface area (Å²) in [5.74, 6) is -4.77. The van der Waals surface area contributed by atoms with E-state index in [4.69, 9.17) is 5.11 Å². The molecule has 0 spiro atoms. The van der Waals surface area contributed by atoms with E-state index in [0.29, 0.717) is 17.7 Å². The van der Waals surface area contributed by atoms with E-state index in [1.54, 1.807) is 0 Å². The predicted octanol–water partition coefficient (Wildman–Crippen LogP) is 0.865. The molecular weight excluding hydrogens is 308 g/mol. The van der Waals surface area contributed by atoms with Crippen molar-refractivity contribution in [1.29, 1.82) is 0 Å². The summed E-state index contributed by atoms with van der Waals surface area (Å²) in [6, 6.07) is 0.964. The highest BCUT2D eigenvalue weighted by Crippen LogP contribution is 2.20. The van der Waals surface area contributed by atoms with Gasteiger partial charge in [-0.2, -0.15) is 5.10 Å². The third kappa shape index (κ3) is 3.23. The predicted molar refractivity (Wildman–Crippen MR) is 65.9 cm³/mol. The zero-order chi connectivity index (χ0) is 15.6. The zero-order valence-electron chi connectivity index (χ0n) is 10.3. The van der Waals surface area contributed by atoms with Gasteiger partial charge in [-0.15, -0.1) is 0 Å². The first-order valence-electron chi connectivity index (χ1n) is 5.51. The Hall–Kier alpha value is -2.33. The molecular formula is C11H9F2N3O4S. The number of rotatable bonds is 5. The van der Waals surface area contributed by atoms with E-state index in [2.05, 4.69) is 10.2 Å². The van der Waals surface area contributed by atoms with Crippen LogP contribution in [0.1, 0.15) is 15.9 Å². The van der Waals surface area contributed by atoms with Gasteiger partial charge in [0.1, 0.15) is 4.90 Å². The lowest BCUT2D eigenvalue weighted by atomic mass is 10.2. The molecule has 2 aromatic rings. The van der Waals surface area contributed by atoms with E-state index in [1.807, 2.05) is 4.72 Å². The Morgan fingerprint density at radius 1 is 1.38 bits per heavy atom. The Balaban J connectivity index is 2.37. The quantitative estimate of drug-likeness (QED) is 0.757. The van der Waals surface area contributed by atoms with Crippen molar-refractivity contribution in [3.63, 3.8) is 0 Å². The van der Waals surface area contributed by atoms with Gasteiger partial charge in [-0.1, -0.05) is 0 Å². The highest BCUT2D eigenvalue weighted by atomic mass is 32.2. The van der Waals surface area contributed by atoms with Crippen molar-refractivity contribution in [2.45, 2.75) is 11.4 Å². The minimum Gasteiger partial charge on any atom is -0.478 e. The summed E-state index contributed by atoms with van der Waals surface area (Å²) in [7, 11) is -4.42. The molecule has 0 unspecified atom stereocenters. The monoisotopic (exact) mass is 317 g/mol. The fraction of sp³-hybridized carbons (Fsp3) is 0.0909. The van der Waals surface area contributed by atoms with Gasteiger partial charge >= 0.3 is 5.97 Å². The Morgan fingerprint density at radius 2 is 2.10 bits per heavy atom. The number of benzene rings is 1. The molecule has 0 saturated heterocycles. The Labute approximate surface area is 117 Å². The lowest BCUT2D eigenvalue weighted by molar-refractivity contribution is 0.0696. The molecule has 0 aliphatic rings. The molecule has 1 aromatic heterocycles. The molecule has 7 nitrogen and oxygen atoms in total. The van der Waals surface area contributed by atoms with E-state index in [1.165, 1.54) is 12.4 Å². The number of sulfonamides is 1. The molecule has 0 aliphatic heterocycles. The number of aromatic nitrogens is 2. The third-order valence-electron chi connectivity index (χ3n) is 2.55. The van der Waals surface area contributed by atoms with Gasteiger partial charge < -0.3 is 5.11 Å². The molecule has 1 heterocycles. The lowest BCUT2D eigenvalue weighted by Gasteiger charge is -2.08. The number of hydrogen-bond donors (Lipinski definition) is 3. The van der Waals surface area contributed by atoms with Gasteiger partial charge in [-0.3, -0.25) is 5.10 Å². The number of aromatic carboxylic acids is 1. The molecule has 0 aliphatic carbocycles. The van der Waals surface area contributed by atoms with Gasteiger partial charge in [0.15, 0.2) is 11.6 Å². The summed E-state index contributed by atoms with van der Waals surface area (Å²) in [6.07, 6.45) is 2.75. The van der Waals surface area contributed by atoms with Crippen LogP contribution >= 0.6 is 0 Å². The largest absolute Gasteiger partial charge is 0.478 e. The van der Waals surface area contributed by atoms with Crippen LogP contribution in [0.5, 0.6) is 0 Å². The Morgan fingerprint density at radius 3 is 2.67 bits per heavy atom. The second-order valence-electron chi connectivity index (χ2n) is 4.01. The van der Waals surface area contributed by atoms with E-state index in [-0.39, 0.29) is 6.54 Å². The summed E-state index contributed by atoms with van der Waals surface area (Å²) >= 11 is 0. The number of carboxylic acid groups (broad SMARTS) is 1. The minimum atomic E-state index is -4.42. The first-order chi connectivity index (χ1) is 9.81. The number of nitrogens with one attached hydrogen (secondary N) is 2. The van der Waals surface area contributed by atoms with Gasteiger partial charge in [-0.25, -0.2) is 26.7 Å². The maximum atomic E-state index is 13.6. The van der Waals surface area contributed by atoms with Crippen LogP contribution in [0.15, 0.2) is 29.4 Å². The van der Waals surface area contributed by atoms with Crippen LogP contribution in [0.25, 0.3) is 0 Å². The molecule has 1 aromatic carbocycles. The Kier molecular flexibility index (Phi) is 4.00. The SMILES string of the molecule is O=C(O)c1cc(F)c(F)c(S(=O)(=O)NCc2cn[nH]c2)c1. The molecule has 0 atom stereocenters. The minimum absolute atomic E-state index is 0.211. The first-order valence-corrected chi connectivity index (χ1v) is 6.99. The van der Waals surface area contributed by atoms with E-state index >= 15 is 0 Å². The first kappa shape index (κ1) is 15.1. The summed E-state index contributed by atoms with van der Waals surface area (Å²) in [6.45, 7) is -0.211. The van der Waals surface area contributed by atoms with Crippen molar-refractivity contribution in [3.05, 3.63) is 47.3 Å². The van der Waals surface area contributed by atoms with Crippen molar-refractivity contribution in [1.82, 2.24) is 14.9 Å². The summed E-state index contributed by atoms with van der Waals surface area (Å²) in [5, 5.41) is 14.8. The van der Waals surface area contributed by atoms with Crippen LogP contribution in [0.2, 0.25) is 0 Å². The van der Waals surface area contributed by atoms with Crippen molar-refractivity contribution in [3.8, 4) is 0 Å². The van der Waals surface area contributed by atoms with Crippen LogP contribution in [0.4, 0.5) is 8.78 Å². The topological polar surface area (TPSA) is 112 Å². The number of carboxylic acids is 1. The smallest absolute Gasteiger partial charge is 0.335 e. The van der Waals surface area contributed by atoms with Crippen molar-refractivity contribution in [2.75, 3.05) is 0 Å². The van der Waals surface area contributed by atoms with Crippen LogP contribution in [-0.2, 0) is 16.6 Å². The van der Waals surface area contributed by atoms with Crippen molar-refractivity contribution >= 4 is 16.0 Å². The highest BCUT2D eigenvalue weighted by Gasteiger charge is 2.24. The van der Waals surface area contributed by atoms with E-state index in [9.17, 15) is 22.0 Å². The van der Waals surface area contributed by atoms with Gasteiger partial charge in [0.05, 0.1) is 11.8 Å². The molecule has 0 fully saturated rings. The number of halogens is 2. The summed E-state index contributed by atoms with van der Waals surface area (Å²) in [5.41, 5.74) is -0.202. The van der Waals surface area contributed by atoms with Crippen LogP contribution in [-0.4, -0.2) is 29.7 Å². The summed E-state index contributed by atoms with van der Waals surface area (Å²) < 4.78 is 52.8. The Bertz CT molecular complexity index is 775. The van der Waals surface area contributed by atoms with Gasteiger partial charge in [0, 0.05) is 18.3 Å². The second kappa shape index (κ2) is 5.58. The fourth-order valence-corrected chi connectivity index (χ4v) is 2.64. The number of H-pyrrole nitrogens is 1. The molecule has 112 valence electrons. The maximum absolute atomic E-state index is 13.6. The molecule has 0 saturated carbocycles. The zero-order valence-corrected chi connectivity index (χ0v) is 11.1. The standard InChI is InChI=1S/C11H9F2N3O4S/c12-8-1-7(11(17)18)2-9(10(8)13)21(19,20)16-5-6-3-14-15-4-6/h1-4,16H,5H2,(H,14,15)(H,17,18). The van der Waals surface area contributed by atoms with Crippen LogP contribution in [0.3, 0.4) is 0 Å². The van der Waals surface area contributed by atoms with Crippen molar-refractivity contribution in [2.24, 2.45) is 0 Å². The van der Waals surface area contributed by atoms with E-state index in [0.717, 1.165) is 0 Å². The van der Waals surface area contributed by atoms with Crippen molar-refractivity contribution < 1.29 is 27.1 Å². The third-order valence-corrected chi connectivity index (χ3v) is 3.95. The molecule has 2 rings (SSSR count). The van der Waals surface area contributed by atoms with E-state index < -0.39 is 38.1 Å². The number of carbonyl (C=O) groups is 1. The average Bonchev–Trinajstić information content (AvgIpc) is 2.92. The maximum Gasteiger partial charge on any atom is 0.335 e. The second-order valence-corrected chi connectivity index (χ2v) is 5.74.